The Bertz CT molecular complexity index is 1430. The van der Waals surface area contributed by atoms with Crippen molar-refractivity contribution >= 4 is 52.1 Å². The van der Waals surface area contributed by atoms with Crippen molar-refractivity contribution in [1.29, 1.82) is 0 Å². The summed E-state index contributed by atoms with van der Waals surface area (Å²) in [5, 5.41) is 0.983. The van der Waals surface area contributed by atoms with Crippen LogP contribution in [-0.2, 0) is 4.79 Å². The van der Waals surface area contributed by atoms with E-state index < -0.39 is 6.04 Å². The molecule has 0 bridgehead atoms. The molecule has 4 rings (SSSR count). The number of hydrogen-bond donors (Lipinski definition) is 0. The lowest BCUT2D eigenvalue weighted by Gasteiger charge is -2.25. The molecule has 5 nitrogen and oxygen atoms in total. The minimum absolute atomic E-state index is 0.108. The molecule has 0 saturated carbocycles. The number of aromatic nitrogens is 1. The number of nitrogens with zero attached hydrogens (tertiary/aromatic N) is 3. The van der Waals surface area contributed by atoms with E-state index in [1.54, 1.807) is 28.8 Å². The van der Waals surface area contributed by atoms with Crippen LogP contribution in [0.4, 0.5) is 5.69 Å². The van der Waals surface area contributed by atoms with Crippen LogP contribution in [0.5, 0.6) is 0 Å². The number of ketones is 1. The Balaban J connectivity index is 1.95. The number of rotatable bonds is 4. The lowest BCUT2D eigenvalue weighted by Crippen LogP contribution is -2.39. The van der Waals surface area contributed by atoms with Crippen molar-refractivity contribution in [2.45, 2.75) is 19.9 Å². The molecule has 8 heteroatoms. The monoisotopic (exact) mass is 485 g/mol. The first-order chi connectivity index (χ1) is 15.2. The van der Waals surface area contributed by atoms with Crippen LogP contribution in [0, 0.1) is 0 Å². The summed E-state index contributed by atoms with van der Waals surface area (Å²) in [5.74, 6) is -0.108. The minimum Gasteiger partial charge on any atom is -0.378 e. The van der Waals surface area contributed by atoms with E-state index >= 15 is 0 Å². The van der Waals surface area contributed by atoms with Crippen molar-refractivity contribution in [2.24, 2.45) is 4.99 Å². The van der Waals surface area contributed by atoms with E-state index in [2.05, 4.69) is 4.99 Å². The Morgan fingerprint density at radius 2 is 1.84 bits per heavy atom. The number of thiazole rings is 1. The molecule has 0 saturated heterocycles. The van der Waals surface area contributed by atoms with Gasteiger partial charge in [-0.3, -0.25) is 14.2 Å². The molecule has 0 fully saturated rings. The number of anilines is 1. The quantitative estimate of drug-likeness (QED) is 0.556. The molecular weight excluding hydrogens is 465 g/mol. The van der Waals surface area contributed by atoms with Gasteiger partial charge >= 0.3 is 0 Å². The summed E-state index contributed by atoms with van der Waals surface area (Å²) in [5.41, 5.74) is 3.50. The second kappa shape index (κ2) is 8.70. The zero-order valence-corrected chi connectivity index (χ0v) is 20.3. The summed E-state index contributed by atoms with van der Waals surface area (Å²) >= 11 is 13.6. The van der Waals surface area contributed by atoms with Gasteiger partial charge in [-0.05, 0) is 55.3 Å². The maximum atomic E-state index is 13.5. The number of allylic oxidation sites excluding steroid dienone is 2. The molecule has 0 aliphatic carbocycles. The third kappa shape index (κ3) is 4.06. The van der Waals surface area contributed by atoms with Crippen LogP contribution < -0.4 is 19.8 Å². The molecule has 0 amide bonds. The first kappa shape index (κ1) is 22.5. The van der Waals surface area contributed by atoms with Crippen LogP contribution in [-0.4, -0.2) is 24.4 Å². The lowest BCUT2D eigenvalue weighted by atomic mass is 9.93. The van der Waals surface area contributed by atoms with E-state index in [0.717, 1.165) is 11.3 Å². The number of benzene rings is 2. The van der Waals surface area contributed by atoms with Gasteiger partial charge in [-0.2, -0.15) is 0 Å². The van der Waals surface area contributed by atoms with Crippen molar-refractivity contribution in [2.75, 3.05) is 19.0 Å². The van der Waals surface area contributed by atoms with Gasteiger partial charge in [0.05, 0.1) is 10.6 Å². The van der Waals surface area contributed by atoms with Gasteiger partial charge in [0.2, 0.25) is 0 Å². The van der Waals surface area contributed by atoms with Crippen LogP contribution in [0.25, 0.3) is 6.08 Å². The molecule has 1 aliphatic rings. The third-order valence-electron chi connectivity index (χ3n) is 5.38. The molecule has 2 aromatic carbocycles. The summed E-state index contributed by atoms with van der Waals surface area (Å²) < 4.78 is 2.09. The van der Waals surface area contributed by atoms with E-state index in [-0.39, 0.29) is 11.3 Å². The summed E-state index contributed by atoms with van der Waals surface area (Å²) in [6, 6.07) is 12.5. The molecule has 0 N–H and O–H groups in total. The fourth-order valence-corrected chi connectivity index (χ4v) is 5.30. The molecule has 0 radical (unpaired) electrons. The van der Waals surface area contributed by atoms with Gasteiger partial charge < -0.3 is 4.90 Å². The van der Waals surface area contributed by atoms with Crippen molar-refractivity contribution in [3.05, 3.63) is 94.6 Å². The topological polar surface area (TPSA) is 54.7 Å². The first-order valence-corrected chi connectivity index (χ1v) is 11.5. The Labute approximate surface area is 199 Å². The van der Waals surface area contributed by atoms with Gasteiger partial charge in [0, 0.05) is 41.1 Å². The maximum Gasteiger partial charge on any atom is 0.271 e. The van der Waals surface area contributed by atoms with Crippen molar-refractivity contribution in [3.63, 3.8) is 0 Å². The summed E-state index contributed by atoms with van der Waals surface area (Å²) in [6.07, 6.45) is 1.74. The van der Waals surface area contributed by atoms with Gasteiger partial charge in [-0.1, -0.05) is 52.7 Å². The fourth-order valence-electron chi connectivity index (χ4n) is 3.80. The average Bonchev–Trinajstić information content (AvgIpc) is 3.03. The standard InChI is InChI=1S/C24H21Cl2N3O2S/c1-13-21(14(2)30)22(15-6-9-18(10-7-15)28(3)4)29-23(31)20(32-24(29)27-13)11-16-5-8-17(25)12-19(16)26/h5-12,22H,1-4H3/b20-11+/t22-/m0/s1. The predicted molar refractivity (Wildman–Crippen MR) is 132 cm³/mol. The van der Waals surface area contributed by atoms with Crippen LogP contribution in [0.15, 0.2) is 63.5 Å². The highest BCUT2D eigenvalue weighted by Gasteiger charge is 2.30. The maximum absolute atomic E-state index is 13.5. The largest absolute Gasteiger partial charge is 0.378 e. The van der Waals surface area contributed by atoms with Gasteiger partial charge in [0.15, 0.2) is 10.6 Å². The average molecular weight is 486 g/mol. The van der Waals surface area contributed by atoms with Crippen LogP contribution in [0.2, 0.25) is 10.0 Å². The highest BCUT2D eigenvalue weighted by atomic mass is 35.5. The zero-order valence-electron chi connectivity index (χ0n) is 18.0. The molecule has 2 heterocycles. The third-order valence-corrected chi connectivity index (χ3v) is 6.92. The van der Waals surface area contributed by atoms with Gasteiger partial charge in [-0.15, -0.1) is 0 Å². The summed E-state index contributed by atoms with van der Waals surface area (Å²) in [7, 11) is 3.93. The Morgan fingerprint density at radius 3 is 2.44 bits per heavy atom. The number of carbonyl (C=O) groups is 1. The molecule has 0 unspecified atom stereocenters. The molecule has 0 spiro atoms. The smallest absolute Gasteiger partial charge is 0.271 e. The molecule has 1 aliphatic heterocycles. The molecule has 3 aromatic rings. The van der Waals surface area contributed by atoms with Crippen LogP contribution in [0.1, 0.15) is 31.0 Å². The van der Waals surface area contributed by atoms with Crippen molar-refractivity contribution in [1.82, 2.24) is 4.57 Å². The van der Waals surface area contributed by atoms with Gasteiger partial charge in [0.25, 0.3) is 5.56 Å². The molecule has 1 atom stereocenters. The highest BCUT2D eigenvalue weighted by molar-refractivity contribution is 7.07. The molecule has 32 heavy (non-hydrogen) atoms. The van der Waals surface area contributed by atoms with Crippen molar-refractivity contribution < 1.29 is 4.79 Å². The SMILES string of the molecule is CC(=O)C1=C(C)N=c2s/c(=C/c3ccc(Cl)cc3Cl)c(=O)n2[C@H]1c1ccc(N(C)C)cc1. The number of Topliss-reactive ketones (excluding diaryl/α,β-unsaturated/α-hetero) is 1. The number of carbonyl (C=O) groups excluding carboxylic acids is 1. The summed E-state index contributed by atoms with van der Waals surface area (Å²) in [6.45, 7) is 3.32. The van der Waals surface area contributed by atoms with Crippen LogP contribution >= 0.6 is 34.5 Å². The first-order valence-electron chi connectivity index (χ1n) is 9.93. The van der Waals surface area contributed by atoms with Crippen molar-refractivity contribution in [3.8, 4) is 0 Å². The van der Waals surface area contributed by atoms with E-state index in [1.807, 2.05) is 50.2 Å². The second-order valence-corrected chi connectivity index (χ2v) is 9.64. The van der Waals surface area contributed by atoms with Gasteiger partial charge in [0.1, 0.15) is 0 Å². The van der Waals surface area contributed by atoms with E-state index in [1.165, 1.54) is 18.3 Å². The molecule has 1 aromatic heterocycles. The molecule has 164 valence electrons. The molecular formula is C24H21Cl2N3O2S. The number of fused-ring (bicyclic) bond motifs is 1. The fraction of sp³-hybridized carbons (Fsp3) is 0.208. The number of hydrogen-bond acceptors (Lipinski definition) is 5. The Kier molecular flexibility index (Phi) is 6.12. The van der Waals surface area contributed by atoms with E-state index in [4.69, 9.17) is 23.2 Å². The second-order valence-electron chi connectivity index (χ2n) is 7.79. The summed E-state index contributed by atoms with van der Waals surface area (Å²) in [4.78, 5) is 33.2. The van der Waals surface area contributed by atoms with E-state index in [0.29, 0.717) is 36.2 Å². The van der Waals surface area contributed by atoms with E-state index in [9.17, 15) is 9.59 Å². The number of halogens is 2. The van der Waals surface area contributed by atoms with Gasteiger partial charge in [-0.25, -0.2) is 4.99 Å². The Hall–Kier alpha value is -2.67. The normalized spacial score (nSPS) is 16.1. The van der Waals surface area contributed by atoms with Crippen LogP contribution in [0.3, 0.4) is 0 Å². The lowest BCUT2D eigenvalue weighted by molar-refractivity contribution is -0.114. The Morgan fingerprint density at radius 1 is 1.16 bits per heavy atom. The zero-order chi connectivity index (χ0) is 23.2. The highest BCUT2D eigenvalue weighted by Crippen LogP contribution is 2.31. The predicted octanol–water partition coefficient (Wildman–Crippen LogP) is 4.20. The minimum atomic E-state index is -0.539.